The summed E-state index contributed by atoms with van der Waals surface area (Å²) in [5.41, 5.74) is 0.317. The Kier molecular flexibility index (Phi) is 3.10. The number of carbonyl (C=O) groups excluding carboxylic acids is 1. The van der Waals surface area contributed by atoms with Gasteiger partial charge in [0.15, 0.2) is 0 Å². The molecule has 0 saturated heterocycles. The van der Waals surface area contributed by atoms with E-state index in [2.05, 4.69) is 10.4 Å². The van der Waals surface area contributed by atoms with Gasteiger partial charge in [0.25, 0.3) is 5.91 Å². The molecule has 4 nitrogen and oxygen atoms in total. The summed E-state index contributed by atoms with van der Waals surface area (Å²) in [4.78, 5) is 11.9. The molecule has 1 amide bonds. The molecule has 94 valence electrons. The van der Waals surface area contributed by atoms with Crippen molar-refractivity contribution >= 4 is 11.6 Å². The predicted octanol–water partition coefficient (Wildman–Crippen LogP) is 2.26. The second kappa shape index (κ2) is 4.56. The van der Waals surface area contributed by atoms with Gasteiger partial charge in [0, 0.05) is 13.2 Å². The number of amides is 1. The van der Waals surface area contributed by atoms with E-state index in [0.29, 0.717) is 5.69 Å². The van der Waals surface area contributed by atoms with Gasteiger partial charge in [-0.15, -0.1) is 0 Å². The molecule has 0 spiro atoms. The number of aromatic nitrogens is 2. The zero-order valence-corrected chi connectivity index (χ0v) is 9.87. The Morgan fingerprint density at radius 1 is 1.33 bits per heavy atom. The number of nitrogens with one attached hydrogen (secondary N) is 1. The summed E-state index contributed by atoms with van der Waals surface area (Å²) in [5, 5.41) is 6.19. The molecule has 0 aliphatic rings. The number of halogens is 2. The highest BCUT2D eigenvalue weighted by molar-refractivity contribution is 6.05. The lowest BCUT2D eigenvalue weighted by atomic mass is 10.2. The molecule has 6 heteroatoms. The van der Waals surface area contributed by atoms with Gasteiger partial charge in [0.2, 0.25) is 0 Å². The fourth-order valence-electron chi connectivity index (χ4n) is 1.62. The Morgan fingerprint density at radius 3 is 2.44 bits per heavy atom. The van der Waals surface area contributed by atoms with Gasteiger partial charge in [0.1, 0.15) is 17.3 Å². The molecule has 0 radical (unpaired) electrons. The van der Waals surface area contributed by atoms with Gasteiger partial charge >= 0.3 is 0 Å². The summed E-state index contributed by atoms with van der Waals surface area (Å²) >= 11 is 0. The zero-order valence-electron chi connectivity index (χ0n) is 9.87. The second-order valence-electron chi connectivity index (χ2n) is 3.85. The summed E-state index contributed by atoms with van der Waals surface area (Å²) in [6, 6.07) is 3.39. The van der Waals surface area contributed by atoms with Crippen LogP contribution >= 0.6 is 0 Å². The molecule has 1 N–H and O–H groups in total. The topological polar surface area (TPSA) is 46.9 Å². The molecule has 0 atom stereocenters. The van der Waals surface area contributed by atoms with Gasteiger partial charge in [-0.1, -0.05) is 6.07 Å². The van der Waals surface area contributed by atoms with Crippen LogP contribution in [0.25, 0.3) is 0 Å². The number of hydrogen-bond donors (Lipinski definition) is 1. The molecule has 0 aliphatic carbocycles. The third kappa shape index (κ3) is 2.22. The Bertz CT molecular complexity index is 587. The number of para-hydroxylation sites is 1. The van der Waals surface area contributed by atoms with Crippen molar-refractivity contribution in [2.24, 2.45) is 7.05 Å². The minimum Gasteiger partial charge on any atom is -0.317 e. The Labute approximate surface area is 102 Å². The van der Waals surface area contributed by atoms with E-state index < -0.39 is 23.2 Å². The van der Waals surface area contributed by atoms with E-state index in [4.69, 9.17) is 0 Å². The van der Waals surface area contributed by atoms with E-state index in [1.165, 1.54) is 16.9 Å². The van der Waals surface area contributed by atoms with Gasteiger partial charge in [-0.25, -0.2) is 8.78 Å². The molecule has 0 fully saturated rings. The van der Waals surface area contributed by atoms with Gasteiger partial charge < -0.3 is 5.32 Å². The monoisotopic (exact) mass is 251 g/mol. The number of hydrogen-bond acceptors (Lipinski definition) is 2. The van der Waals surface area contributed by atoms with Crippen molar-refractivity contribution in [3.8, 4) is 0 Å². The molecule has 2 rings (SSSR count). The third-order valence-electron chi connectivity index (χ3n) is 2.46. The van der Waals surface area contributed by atoms with E-state index in [1.807, 2.05) is 0 Å². The first-order valence-electron chi connectivity index (χ1n) is 5.24. The van der Waals surface area contributed by atoms with Crippen molar-refractivity contribution in [1.82, 2.24) is 9.78 Å². The highest BCUT2D eigenvalue weighted by atomic mass is 19.1. The number of rotatable bonds is 2. The SMILES string of the molecule is Cc1nn(C)cc1C(=O)Nc1c(F)cccc1F. The first-order valence-corrected chi connectivity index (χ1v) is 5.24. The van der Waals surface area contributed by atoms with Crippen LogP contribution in [0.15, 0.2) is 24.4 Å². The molecule has 0 aliphatic heterocycles. The fraction of sp³-hybridized carbons (Fsp3) is 0.167. The van der Waals surface area contributed by atoms with E-state index in [1.54, 1.807) is 14.0 Å². The normalized spacial score (nSPS) is 10.4. The average Bonchev–Trinajstić information content (AvgIpc) is 2.63. The Hall–Kier alpha value is -2.24. The van der Waals surface area contributed by atoms with E-state index >= 15 is 0 Å². The Balaban J connectivity index is 2.30. The molecular formula is C12H11F2N3O. The van der Waals surface area contributed by atoms with Crippen molar-refractivity contribution in [2.45, 2.75) is 6.92 Å². The lowest BCUT2D eigenvalue weighted by molar-refractivity contribution is 0.102. The van der Waals surface area contributed by atoms with Crippen LogP contribution in [0.5, 0.6) is 0 Å². The molecule has 1 heterocycles. The quantitative estimate of drug-likeness (QED) is 0.889. The molecule has 0 bridgehead atoms. The minimum absolute atomic E-state index is 0.278. The number of aryl methyl sites for hydroxylation is 2. The highest BCUT2D eigenvalue weighted by Crippen LogP contribution is 2.19. The average molecular weight is 251 g/mol. The van der Waals surface area contributed by atoms with E-state index in [0.717, 1.165) is 12.1 Å². The first-order chi connectivity index (χ1) is 8.49. The third-order valence-corrected chi connectivity index (χ3v) is 2.46. The van der Waals surface area contributed by atoms with Crippen molar-refractivity contribution in [3.05, 3.63) is 47.3 Å². The van der Waals surface area contributed by atoms with Gasteiger partial charge in [-0.3, -0.25) is 9.48 Å². The molecule has 0 saturated carbocycles. The molecule has 18 heavy (non-hydrogen) atoms. The van der Waals surface area contributed by atoms with Crippen LogP contribution in [0.4, 0.5) is 14.5 Å². The molecule has 0 unspecified atom stereocenters. The van der Waals surface area contributed by atoms with Crippen LogP contribution in [-0.2, 0) is 7.05 Å². The fourth-order valence-corrected chi connectivity index (χ4v) is 1.62. The van der Waals surface area contributed by atoms with Crippen molar-refractivity contribution < 1.29 is 13.6 Å². The van der Waals surface area contributed by atoms with Crippen LogP contribution in [-0.4, -0.2) is 15.7 Å². The number of benzene rings is 1. The second-order valence-corrected chi connectivity index (χ2v) is 3.85. The maximum atomic E-state index is 13.4. The van der Waals surface area contributed by atoms with Crippen LogP contribution in [0.2, 0.25) is 0 Å². The van der Waals surface area contributed by atoms with E-state index in [-0.39, 0.29) is 5.56 Å². The van der Waals surface area contributed by atoms with Crippen LogP contribution in [0.3, 0.4) is 0 Å². The highest BCUT2D eigenvalue weighted by Gasteiger charge is 2.16. The maximum Gasteiger partial charge on any atom is 0.259 e. The van der Waals surface area contributed by atoms with Crippen LogP contribution in [0, 0.1) is 18.6 Å². The number of nitrogens with zero attached hydrogens (tertiary/aromatic N) is 2. The summed E-state index contributed by atoms with van der Waals surface area (Å²) < 4.78 is 28.2. The predicted molar refractivity (Wildman–Crippen MR) is 62.3 cm³/mol. The van der Waals surface area contributed by atoms with Crippen LogP contribution < -0.4 is 5.32 Å². The van der Waals surface area contributed by atoms with Gasteiger partial charge in [0.05, 0.1) is 11.3 Å². The van der Waals surface area contributed by atoms with E-state index in [9.17, 15) is 13.6 Å². The van der Waals surface area contributed by atoms with Gasteiger partial charge in [-0.05, 0) is 19.1 Å². The summed E-state index contributed by atoms with van der Waals surface area (Å²) in [7, 11) is 1.66. The van der Waals surface area contributed by atoms with Crippen molar-refractivity contribution in [1.29, 1.82) is 0 Å². The summed E-state index contributed by atoms with van der Waals surface area (Å²) in [6.07, 6.45) is 1.49. The molecule has 1 aromatic carbocycles. The molecule has 2 aromatic rings. The molecule has 1 aromatic heterocycles. The first kappa shape index (κ1) is 12.2. The minimum atomic E-state index is -0.815. The van der Waals surface area contributed by atoms with Crippen LogP contribution in [0.1, 0.15) is 16.1 Å². The zero-order chi connectivity index (χ0) is 13.3. The van der Waals surface area contributed by atoms with Crippen molar-refractivity contribution in [2.75, 3.05) is 5.32 Å². The summed E-state index contributed by atoms with van der Waals surface area (Å²) in [6.45, 7) is 1.65. The maximum absolute atomic E-state index is 13.4. The lowest BCUT2D eigenvalue weighted by Gasteiger charge is -2.06. The number of carbonyl (C=O) groups is 1. The lowest BCUT2D eigenvalue weighted by Crippen LogP contribution is -2.14. The molecular weight excluding hydrogens is 240 g/mol. The largest absolute Gasteiger partial charge is 0.317 e. The summed E-state index contributed by atoms with van der Waals surface area (Å²) in [5.74, 6) is -2.22. The smallest absolute Gasteiger partial charge is 0.259 e. The van der Waals surface area contributed by atoms with Crippen molar-refractivity contribution in [3.63, 3.8) is 0 Å². The number of anilines is 1. The standard InChI is InChI=1S/C12H11F2N3O/c1-7-8(6-17(2)16-7)12(18)15-11-9(13)4-3-5-10(11)14/h3-6H,1-2H3,(H,15,18). The Morgan fingerprint density at radius 2 is 1.94 bits per heavy atom. The van der Waals surface area contributed by atoms with Gasteiger partial charge in [-0.2, -0.15) is 5.10 Å².